The molecule has 23 heavy (non-hydrogen) atoms. The van der Waals surface area contributed by atoms with E-state index in [9.17, 15) is 9.59 Å². The second kappa shape index (κ2) is 7.74. The summed E-state index contributed by atoms with van der Waals surface area (Å²) in [6, 6.07) is 12.1. The maximum Gasteiger partial charge on any atom is 0.288 e. The monoisotopic (exact) mass is 331 g/mol. The first-order valence-corrected chi connectivity index (χ1v) is 7.63. The number of carbonyl (C=O) groups excluding carboxylic acids is 2. The average Bonchev–Trinajstić information content (AvgIpc) is 2.55. The van der Waals surface area contributed by atoms with E-state index in [4.69, 9.17) is 11.6 Å². The molecular formula is C17H18ClN3O2. The van der Waals surface area contributed by atoms with Gasteiger partial charge in [0.2, 0.25) is 5.91 Å². The molecule has 1 atom stereocenters. The predicted octanol–water partition coefficient (Wildman–Crippen LogP) is 2.94. The van der Waals surface area contributed by atoms with Crippen molar-refractivity contribution in [2.24, 2.45) is 5.92 Å². The van der Waals surface area contributed by atoms with Crippen molar-refractivity contribution in [3.63, 3.8) is 0 Å². The van der Waals surface area contributed by atoms with Crippen LogP contribution in [0.5, 0.6) is 0 Å². The molecule has 0 aliphatic heterocycles. The Balaban J connectivity index is 2.04. The van der Waals surface area contributed by atoms with Gasteiger partial charge in [-0.25, -0.2) is 0 Å². The molecule has 1 aromatic carbocycles. The summed E-state index contributed by atoms with van der Waals surface area (Å²) in [4.78, 5) is 28.3. The molecule has 0 fully saturated rings. The van der Waals surface area contributed by atoms with Gasteiger partial charge in [-0.2, -0.15) is 0 Å². The van der Waals surface area contributed by atoms with Gasteiger partial charge < -0.3 is 0 Å². The van der Waals surface area contributed by atoms with Crippen molar-refractivity contribution in [1.82, 2.24) is 15.8 Å². The number of amides is 2. The lowest BCUT2D eigenvalue weighted by Crippen LogP contribution is -2.45. The molecule has 2 rings (SSSR count). The van der Waals surface area contributed by atoms with Crippen LogP contribution in [0.1, 0.15) is 35.8 Å². The third kappa shape index (κ3) is 4.53. The van der Waals surface area contributed by atoms with Gasteiger partial charge in [-0.15, -0.1) is 0 Å². The van der Waals surface area contributed by atoms with E-state index in [-0.39, 0.29) is 17.5 Å². The van der Waals surface area contributed by atoms with Gasteiger partial charge in [0.25, 0.3) is 5.91 Å². The number of hydrazine groups is 1. The van der Waals surface area contributed by atoms with E-state index in [1.165, 1.54) is 6.20 Å². The molecule has 2 amide bonds. The van der Waals surface area contributed by atoms with Gasteiger partial charge in [0.05, 0.1) is 5.92 Å². The smallest absolute Gasteiger partial charge is 0.273 e. The normalized spacial score (nSPS) is 11.8. The largest absolute Gasteiger partial charge is 0.288 e. The molecule has 2 N–H and O–H groups in total. The minimum Gasteiger partial charge on any atom is -0.273 e. The van der Waals surface area contributed by atoms with Gasteiger partial charge in [-0.3, -0.25) is 25.4 Å². The fourth-order valence-corrected chi connectivity index (χ4v) is 2.39. The maximum atomic E-state index is 12.4. The van der Waals surface area contributed by atoms with E-state index < -0.39 is 11.8 Å². The van der Waals surface area contributed by atoms with Crippen molar-refractivity contribution < 1.29 is 9.59 Å². The third-order valence-electron chi connectivity index (χ3n) is 3.38. The summed E-state index contributed by atoms with van der Waals surface area (Å²) in [5.74, 6) is -1.08. The second-order valence-corrected chi connectivity index (χ2v) is 5.87. The van der Waals surface area contributed by atoms with Crippen molar-refractivity contribution in [3.05, 3.63) is 64.9 Å². The Labute approximate surface area is 140 Å². The highest BCUT2D eigenvalue weighted by Gasteiger charge is 2.24. The number of rotatable bonds is 4. The molecule has 1 heterocycles. The number of pyridine rings is 1. The van der Waals surface area contributed by atoms with Crippen LogP contribution in [-0.4, -0.2) is 16.8 Å². The highest BCUT2D eigenvalue weighted by atomic mass is 35.5. The van der Waals surface area contributed by atoms with Crippen molar-refractivity contribution >= 4 is 23.4 Å². The molecule has 6 heteroatoms. The molecule has 0 saturated heterocycles. The summed E-state index contributed by atoms with van der Waals surface area (Å²) in [6.45, 7) is 3.89. The highest BCUT2D eigenvalue weighted by Crippen LogP contribution is 2.25. The highest BCUT2D eigenvalue weighted by molar-refractivity contribution is 6.30. The van der Waals surface area contributed by atoms with E-state index in [0.717, 1.165) is 5.56 Å². The standard InChI is InChI=1S/C17H18ClN3O2/c1-11(2)15(12-6-8-13(18)9-7-12)17(23)21-20-16(22)14-5-3-4-10-19-14/h3-11,15H,1-2H3,(H,20,22)(H,21,23)/t15-/m1/s1. The van der Waals surface area contributed by atoms with Crippen LogP contribution >= 0.6 is 11.6 Å². The predicted molar refractivity (Wildman–Crippen MR) is 88.9 cm³/mol. The van der Waals surface area contributed by atoms with Crippen LogP contribution in [0, 0.1) is 5.92 Å². The molecule has 5 nitrogen and oxygen atoms in total. The van der Waals surface area contributed by atoms with Crippen molar-refractivity contribution in [3.8, 4) is 0 Å². The van der Waals surface area contributed by atoms with Crippen molar-refractivity contribution in [1.29, 1.82) is 0 Å². The Bertz CT molecular complexity index is 672. The van der Waals surface area contributed by atoms with E-state index in [1.54, 1.807) is 30.3 Å². The summed E-state index contributed by atoms with van der Waals surface area (Å²) in [5.41, 5.74) is 5.93. The summed E-state index contributed by atoms with van der Waals surface area (Å²) in [5, 5.41) is 0.611. The lowest BCUT2D eigenvalue weighted by molar-refractivity contribution is -0.124. The first-order chi connectivity index (χ1) is 11.0. The molecule has 0 unspecified atom stereocenters. The number of carbonyl (C=O) groups is 2. The molecule has 0 spiro atoms. The SMILES string of the molecule is CC(C)[C@@H](C(=O)NNC(=O)c1ccccn1)c1ccc(Cl)cc1. The summed E-state index contributed by atoms with van der Waals surface area (Å²) in [7, 11) is 0. The maximum absolute atomic E-state index is 12.4. The number of aromatic nitrogens is 1. The first kappa shape index (κ1) is 17.0. The van der Waals surface area contributed by atoms with Gasteiger partial charge >= 0.3 is 0 Å². The third-order valence-corrected chi connectivity index (χ3v) is 3.63. The van der Waals surface area contributed by atoms with Crippen LogP contribution in [0.25, 0.3) is 0 Å². The lowest BCUT2D eigenvalue weighted by atomic mass is 9.88. The van der Waals surface area contributed by atoms with Crippen LogP contribution < -0.4 is 10.9 Å². The molecule has 1 aromatic heterocycles. The lowest BCUT2D eigenvalue weighted by Gasteiger charge is -2.21. The molecule has 2 aromatic rings. The Hall–Kier alpha value is -2.40. The van der Waals surface area contributed by atoms with E-state index >= 15 is 0 Å². The molecule has 0 radical (unpaired) electrons. The minimum atomic E-state index is -0.461. The quantitative estimate of drug-likeness (QED) is 0.846. The van der Waals surface area contributed by atoms with Crippen LogP contribution in [0.15, 0.2) is 48.7 Å². The molecular weight excluding hydrogens is 314 g/mol. The van der Waals surface area contributed by atoms with Gasteiger partial charge in [-0.1, -0.05) is 43.6 Å². The van der Waals surface area contributed by atoms with Crippen LogP contribution in [-0.2, 0) is 4.79 Å². The zero-order valence-corrected chi connectivity index (χ0v) is 13.7. The van der Waals surface area contributed by atoms with Crippen molar-refractivity contribution in [2.75, 3.05) is 0 Å². The summed E-state index contributed by atoms with van der Waals surface area (Å²) >= 11 is 5.88. The Kier molecular flexibility index (Phi) is 5.71. The fraction of sp³-hybridized carbons (Fsp3) is 0.235. The number of nitrogens with one attached hydrogen (secondary N) is 2. The van der Waals surface area contributed by atoms with Gasteiger partial charge in [0, 0.05) is 11.2 Å². The van der Waals surface area contributed by atoms with Crippen LogP contribution in [0.4, 0.5) is 0 Å². The first-order valence-electron chi connectivity index (χ1n) is 7.25. The molecule has 0 bridgehead atoms. The number of hydrogen-bond donors (Lipinski definition) is 2. The Morgan fingerprint density at radius 1 is 1.04 bits per heavy atom. The zero-order valence-electron chi connectivity index (χ0n) is 12.9. The number of benzene rings is 1. The van der Waals surface area contributed by atoms with Crippen molar-refractivity contribution in [2.45, 2.75) is 19.8 Å². The number of halogens is 1. The van der Waals surface area contributed by atoms with Gasteiger partial charge in [0.1, 0.15) is 5.69 Å². The molecule has 0 aliphatic carbocycles. The van der Waals surface area contributed by atoms with Gasteiger partial charge in [0.15, 0.2) is 0 Å². The van der Waals surface area contributed by atoms with Crippen LogP contribution in [0.3, 0.4) is 0 Å². The molecule has 120 valence electrons. The number of hydrogen-bond acceptors (Lipinski definition) is 3. The van der Waals surface area contributed by atoms with Crippen LogP contribution in [0.2, 0.25) is 5.02 Å². The topological polar surface area (TPSA) is 71.1 Å². The molecule has 0 saturated carbocycles. The van der Waals surface area contributed by atoms with E-state index in [2.05, 4.69) is 15.8 Å². The average molecular weight is 332 g/mol. The van der Waals surface area contributed by atoms with Gasteiger partial charge in [-0.05, 0) is 35.7 Å². The summed E-state index contributed by atoms with van der Waals surface area (Å²) < 4.78 is 0. The number of nitrogens with zero attached hydrogens (tertiary/aromatic N) is 1. The Morgan fingerprint density at radius 2 is 1.74 bits per heavy atom. The van der Waals surface area contributed by atoms with E-state index in [1.807, 2.05) is 26.0 Å². The summed E-state index contributed by atoms with van der Waals surface area (Å²) in [6.07, 6.45) is 1.52. The fourth-order valence-electron chi connectivity index (χ4n) is 2.27. The minimum absolute atomic E-state index is 0.0583. The van der Waals surface area contributed by atoms with E-state index in [0.29, 0.717) is 5.02 Å². The molecule has 0 aliphatic rings. The Morgan fingerprint density at radius 3 is 2.30 bits per heavy atom. The zero-order chi connectivity index (χ0) is 16.8. The second-order valence-electron chi connectivity index (χ2n) is 5.43.